The lowest BCUT2D eigenvalue weighted by Crippen LogP contribution is -2.33. The lowest BCUT2D eigenvalue weighted by molar-refractivity contribution is -0.0572. The molecule has 4 heteroatoms. The summed E-state index contributed by atoms with van der Waals surface area (Å²) in [7, 11) is 1.29. The van der Waals surface area contributed by atoms with E-state index in [0.29, 0.717) is 18.6 Å². The van der Waals surface area contributed by atoms with Gasteiger partial charge in [0.05, 0.1) is 7.11 Å². The highest BCUT2D eigenvalue weighted by molar-refractivity contribution is 5.86. The van der Waals surface area contributed by atoms with E-state index in [1.54, 1.807) is 6.07 Å². The van der Waals surface area contributed by atoms with Crippen molar-refractivity contribution < 1.29 is 19.1 Å². The van der Waals surface area contributed by atoms with E-state index < -0.39 is 11.6 Å². The maximum atomic E-state index is 11.1. The van der Waals surface area contributed by atoms with Gasteiger partial charge in [-0.1, -0.05) is 0 Å². The van der Waals surface area contributed by atoms with Gasteiger partial charge in [-0.25, -0.2) is 4.79 Å². The third-order valence-electron chi connectivity index (χ3n) is 2.63. The molecule has 1 N–H and O–H groups in total. The predicted octanol–water partition coefficient (Wildman–Crippen LogP) is 1.44. The highest BCUT2D eigenvalue weighted by atomic mass is 16.5. The standard InChI is InChI=1S/C10H12O4/c1-13-9(11)7-3-4-8(14-7)10(12)5-2-6-10/h3-4,12H,2,5-6H2,1H3. The predicted molar refractivity (Wildman–Crippen MR) is 47.8 cm³/mol. The van der Waals surface area contributed by atoms with Crippen molar-refractivity contribution in [3.63, 3.8) is 0 Å². The van der Waals surface area contributed by atoms with Crippen molar-refractivity contribution in [3.05, 3.63) is 23.7 Å². The zero-order chi connectivity index (χ0) is 10.2. The summed E-state index contributed by atoms with van der Waals surface area (Å²) in [6.07, 6.45) is 2.38. The van der Waals surface area contributed by atoms with E-state index in [4.69, 9.17) is 4.42 Å². The second kappa shape index (κ2) is 3.13. The summed E-state index contributed by atoms with van der Waals surface area (Å²) in [5.74, 6) is 0.0890. The molecular formula is C10H12O4. The molecule has 0 spiro atoms. The zero-order valence-corrected chi connectivity index (χ0v) is 7.95. The summed E-state index contributed by atoms with van der Waals surface area (Å²) in [5, 5.41) is 9.90. The number of esters is 1. The normalized spacial score (nSPS) is 18.7. The van der Waals surface area contributed by atoms with E-state index in [-0.39, 0.29) is 5.76 Å². The Bertz CT molecular complexity index is 349. The second-order valence-electron chi connectivity index (χ2n) is 3.54. The fraction of sp³-hybridized carbons (Fsp3) is 0.500. The molecule has 0 amide bonds. The Hall–Kier alpha value is -1.29. The van der Waals surface area contributed by atoms with Crippen LogP contribution in [0.15, 0.2) is 16.5 Å². The maximum Gasteiger partial charge on any atom is 0.373 e. The van der Waals surface area contributed by atoms with Crippen molar-refractivity contribution in [1.29, 1.82) is 0 Å². The highest BCUT2D eigenvalue weighted by Gasteiger charge is 2.39. The van der Waals surface area contributed by atoms with Crippen LogP contribution in [-0.2, 0) is 10.3 Å². The van der Waals surface area contributed by atoms with Gasteiger partial charge >= 0.3 is 5.97 Å². The van der Waals surface area contributed by atoms with E-state index in [2.05, 4.69) is 4.74 Å². The van der Waals surface area contributed by atoms with Gasteiger partial charge in [-0.2, -0.15) is 0 Å². The molecule has 1 aliphatic rings. The molecule has 0 aliphatic heterocycles. The van der Waals surface area contributed by atoms with Crippen molar-refractivity contribution in [3.8, 4) is 0 Å². The van der Waals surface area contributed by atoms with Gasteiger partial charge in [-0.15, -0.1) is 0 Å². The van der Waals surface area contributed by atoms with Crippen molar-refractivity contribution in [2.24, 2.45) is 0 Å². The number of furan rings is 1. The summed E-state index contributed by atoms with van der Waals surface area (Å²) >= 11 is 0. The fourth-order valence-electron chi connectivity index (χ4n) is 1.56. The van der Waals surface area contributed by atoms with E-state index >= 15 is 0 Å². The molecule has 0 radical (unpaired) electrons. The van der Waals surface area contributed by atoms with Crippen molar-refractivity contribution in [2.75, 3.05) is 7.11 Å². The maximum absolute atomic E-state index is 11.1. The lowest BCUT2D eigenvalue weighted by Gasteiger charge is -2.34. The van der Waals surface area contributed by atoms with Gasteiger partial charge < -0.3 is 14.3 Å². The molecule has 0 atom stereocenters. The summed E-state index contributed by atoms with van der Waals surface area (Å²) in [5.41, 5.74) is -0.855. The molecule has 1 saturated carbocycles. The van der Waals surface area contributed by atoms with Crippen LogP contribution in [0.1, 0.15) is 35.6 Å². The number of ether oxygens (including phenoxy) is 1. The number of hydrogen-bond acceptors (Lipinski definition) is 4. The number of carbonyl (C=O) groups is 1. The average molecular weight is 196 g/mol. The topological polar surface area (TPSA) is 59.7 Å². The number of methoxy groups -OCH3 is 1. The molecule has 0 bridgehead atoms. The molecule has 76 valence electrons. The van der Waals surface area contributed by atoms with Gasteiger partial charge in [0, 0.05) is 0 Å². The van der Waals surface area contributed by atoms with Crippen LogP contribution in [0.3, 0.4) is 0 Å². The smallest absolute Gasteiger partial charge is 0.373 e. The molecule has 0 aromatic carbocycles. The Kier molecular flexibility index (Phi) is 2.07. The molecular weight excluding hydrogens is 184 g/mol. The monoisotopic (exact) mass is 196 g/mol. The van der Waals surface area contributed by atoms with Gasteiger partial charge in [0.25, 0.3) is 0 Å². The highest BCUT2D eigenvalue weighted by Crippen LogP contribution is 2.41. The van der Waals surface area contributed by atoms with E-state index in [9.17, 15) is 9.90 Å². The van der Waals surface area contributed by atoms with Crippen LogP contribution in [0, 0.1) is 0 Å². The van der Waals surface area contributed by atoms with Crippen molar-refractivity contribution in [2.45, 2.75) is 24.9 Å². The molecule has 14 heavy (non-hydrogen) atoms. The van der Waals surface area contributed by atoms with E-state index in [0.717, 1.165) is 6.42 Å². The van der Waals surface area contributed by atoms with E-state index in [1.165, 1.54) is 13.2 Å². The summed E-state index contributed by atoms with van der Waals surface area (Å²) < 4.78 is 9.72. The number of carbonyl (C=O) groups excluding carboxylic acids is 1. The van der Waals surface area contributed by atoms with Crippen LogP contribution in [0.25, 0.3) is 0 Å². The SMILES string of the molecule is COC(=O)c1ccc(C2(O)CCC2)o1. The first-order valence-electron chi connectivity index (χ1n) is 4.57. The first-order valence-corrected chi connectivity index (χ1v) is 4.57. The van der Waals surface area contributed by atoms with Crippen molar-refractivity contribution >= 4 is 5.97 Å². The van der Waals surface area contributed by atoms with Crippen LogP contribution in [0.5, 0.6) is 0 Å². The van der Waals surface area contributed by atoms with Crippen LogP contribution in [0.4, 0.5) is 0 Å². The fourth-order valence-corrected chi connectivity index (χ4v) is 1.56. The summed E-state index contributed by atoms with van der Waals surface area (Å²) in [4.78, 5) is 11.1. The molecule has 1 fully saturated rings. The van der Waals surface area contributed by atoms with Crippen LogP contribution in [0.2, 0.25) is 0 Å². The molecule has 1 aliphatic carbocycles. The first-order chi connectivity index (χ1) is 6.65. The minimum Gasteiger partial charge on any atom is -0.463 e. The van der Waals surface area contributed by atoms with Gasteiger partial charge in [-0.3, -0.25) is 0 Å². The quantitative estimate of drug-likeness (QED) is 0.727. The number of aliphatic hydroxyl groups is 1. The Balaban J connectivity index is 2.21. The Morgan fingerprint density at radius 3 is 2.79 bits per heavy atom. The van der Waals surface area contributed by atoms with E-state index in [1.807, 2.05) is 0 Å². The van der Waals surface area contributed by atoms with Gasteiger partial charge in [0.1, 0.15) is 11.4 Å². The van der Waals surface area contributed by atoms with Gasteiger partial charge in [0.2, 0.25) is 5.76 Å². The van der Waals surface area contributed by atoms with Crippen LogP contribution >= 0.6 is 0 Å². The molecule has 1 aromatic rings. The lowest BCUT2D eigenvalue weighted by atomic mass is 9.78. The Labute approximate surface area is 81.5 Å². The van der Waals surface area contributed by atoms with Crippen molar-refractivity contribution in [1.82, 2.24) is 0 Å². The molecule has 0 unspecified atom stereocenters. The summed E-state index contributed by atoms with van der Waals surface area (Å²) in [6, 6.07) is 3.16. The number of rotatable bonds is 2. The third-order valence-corrected chi connectivity index (χ3v) is 2.63. The van der Waals surface area contributed by atoms with Crippen LogP contribution in [-0.4, -0.2) is 18.2 Å². The molecule has 2 rings (SSSR count). The minimum absolute atomic E-state index is 0.142. The molecule has 0 saturated heterocycles. The Morgan fingerprint density at radius 1 is 1.57 bits per heavy atom. The largest absolute Gasteiger partial charge is 0.463 e. The molecule has 1 aromatic heterocycles. The Morgan fingerprint density at radius 2 is 2.29 bits per heavy atom. The van der Waals surface area contributed by atoms with Gasteiger partial charge in [0.15, 0.2) is 0 Å². The second-order valence-corrected chi connectivity index (χ2v) is 3.54. The minimum atomic E-state index is -0.855. The zero-order valence-electron chi connectivity index (χ0n) is 7.95. The number of hydrogen-bond donors (Lipinski definition) is 1. The average Bonchev–Trinajstić information content (AvgIpc) is 2.62. The van der Waals surface area contributed by atoms with Crippen LogP contribution < -0.4 is 0 Å². The third kappa shape index (κ3) is 1.32. The molecule has 4 nitrogen and oxygen atoms in total. The molecule has 1 heterocycles. The summed E-state index contributed by atoms with van der Waals surface area (Å²) in [6.45, 7) is 0. The van der Waals surface area contributed by atoms with Gasteiger partial charge in [-0.05, 0) is 31.4 Å². The first kappa shape index (κ1) is 9.27.